The van der Waals surface area contributed by atoms with Crippen molar-refractivity contribution in [3.63, 3.8) is 0 Å². The molecule has 1 amide bonds. The quantitative estimate of drug-likeness (QED) is 0.367. The molecule has 1 saturated heterocycles. The minimum Gasteiger partial charge on any atom is -0.478 e. The molecule has 1 fully saturated rings. The molecule has 2 atom stereocenters. The number of carbonyl (C=O) groups is 2. The molecule has 1 aliphatic heterocycles. The highest BCUT2D eigenvalue weighted by Gasteiger charge is 2.32. The van der Waals surface area contributed by atoms with Crippen molar-refractivity contribution >= 4 is 32.8 Å². The molecule has 3 N–H and O–H groups in total. The van der Waals surface area contributed by atoms with Gasteiger partial charge in [-0.25, -0.2) is 13.2 Å². The lowest BCUT2D eigenvalue weighted by Gasteiger charge is -2.34. The standard InChI is InChI=1S/C26H29N5O5S/c1-18(26(33)34)15-19-5-3-13-31(17-19)25(32)23(10-14-30-12-4-6-20(30)16-27)29-37(35,36)24-8-2-7-22-21(24)9-11-28-22/h2,4,6-9,11-12,15,19,23,28-29H,3,5,10,13-14,17H2,1H3,(H,33,34)/b18-15+. The predicted molar refractivity (Wildman–Crippen MR) is 137 cm³/mol. The van der Waals surface area contributed by atoms with Crippen LogP contribution in [0.1, 0.15) is 31.9 Å². The number of amides is 1. The van der Waals surface area contributed by atoms with E-state index in [0.29, 0.717) is 36.1 Å². The smallest absolute Gasteiger partial charge is 0.330 e. The lowest BCUT2D eigenvalue weighted by molar-refractivity contribution is -0.134. The predicted octanol–water partition coefficient (Wildman–Crippen LogP) is 2.85. The molecule has 2 unspecified atom stereocenters. The second-order valence-corrected chi connectivity index (χ2v) is 10.9. The highest BCUT2D eigenvalue weighted by Crippen LogP contribution is 2.24. The Kier molecular flexibility index (Phi) is 7.80. The van der Waals surface area contributed by atoms with Gasteiger partial charge in [0, 0.05) is 48.5 Å². The van der Waals surface area contributed by atoms with E-state index in [9.17, 15) is 28.4 Å². The number of aryl methyl sites for hydroxylation is 1. The van der Waals surface area contributed by atoms with E-state index in [1.807, 2.05) is 0 Å². The fraction of sp³-hybridized carbons (Fsp3) is 0.346. The van der Waals surface area contributed by atoms with Crippen LogP contribution in [0, 0.1) is 17.2 Å². The summed E-state index contributed by atoms with van der Waals surface area (Å²) in [7, 11) is -4.07. The molecule has 3 aromatic rings. The van der Waals surface area contributed by atoms with Crippen molar-refractivity contribution in [1.29, 1.82) is 5.26 Å². The summed E-state index contributed by atoms with van der Waals surface area (Å²) in [5.74, 6) is -1.51. The Morgan fingerprint density at radius 1 is 1.30 bits per heavy atom. The molecule has 1 aliphatic rings. The maximum atomic E-state index is 13.7. The van der Waals surface area contributed by atoms with Crippen molar-refractivity contribution in [2.75, 3.05) is 13.1 Å². The van der Waals surface area contributed by atoms with Gasteiger partial charge in [-0.1, -0.05) is 12.1 Å². The van der Waals surface area contributed by atoms with Gasteiger partial charge < -0.3 is 19.6 Å². The van der Waals surface area contributed by atoms with E-state index in [-0.39, 0.29) is 35.3 Å². The number of sulfonamides is 1. The van der Waals surface area contributed by atoms with Crippen molar-refractivity contribution in [3.8, 4) is 6.07 Å². The first kappa shape index (κ1) is 26.2. The van der Waals surface area contributed by atoms with Crippen LogP contribution in [0.5, 0.6) is 0 Å². The molecule has 2 aromatic heterocycles. The van der Waals surface area contributed by atoms with E-state index < -0.39 is 22.0 Å². The van der Waals surface area contributed by atoms with Crippen LogP contribution in [0.2, 0.25) is 0 Å². The van der Waals surface area contributed by atoms with Crippen LogP contribution in [0.15, 0.2) is 65.3 Å². The van der Waals surface area contributed by atoms with Crippen LogP contribution in [-0.2, 0) is 26.2 Å². The van der Waals surface area contributed by atoms with Gasteiger partial charge in [0.1, 0.15) is 17.8 Å². The second kappa shape index (κ2) is 11.0. The number of likely N-dealkylation sites (tertiary alicyclic amines) is 1. The minimum absolute atomic E-state index is 0.0688. The minimum atomic E-state index is -4.07. The van der Waals surface area contributed by atoms with Crippen molar-refractivity contribution in [1.82, 2.24) is 19.2 Å². The van der Waals surface area contributed by atoms with Gasteiger partial charge in [-0.05, 0) is 62.4 Å². The summed E-state index contributed by atoms with van der Waals surface area (Å²) in [5.41, 5.74) is 1.29. The van der Waals surface area contributed by atoms with Gasteiger partial charge in [0.15, 0.2) is 0 Å². The number of carboxylic acids is 1. The molecule has 0 aliphatic carbocycles. The number of aromatic amines is 1. The third-order valence-electron chi connectivity index (χ3n) is 6.64. The maximum Gasteiger partial charge on any atom is 0.330 e. The number of aromatic nitrogens is 2. The van der Waals surface area contributed by atoms with Gasteiger partial charge in [0.05, 0.1) is 4.90 Å². The van der Waals surface area contributed by atoms with Gasteiger partial charge in [0.25, 0.3) is 0 Å². The fourth-order valence-corrected chi connectivity index (χ4v) is 6.19. The van der Waals surface area contributed by atoms with E-state index in [4.69, 9.17) is 0 Å². The molecule has 4 rings (SSSR count). The molecule has 0 spiro atoms. The van der Waals surface area contributed by atoms with Crippen LogP contribution >= 0.6 is 0 Å². The summed E-state index contributed by atoms with van der Waals surface area (Å²) in [6.07, 6.45) is 6.59. The average Bonchev–Trinajstić information content (AvgIpc) is 3.55. The maximum absolute atomic E-state index is 13.7. The molecule has 1 aromatic carbocycles. The molecule has 3 heterocycles. The molecular weight excluding hydrogens is 494 g/mol. The number of nitriles is 1. The van der Waals surface area contributed by atoms with Crippen molar-refractivity contribution in [2.24, 2.45) is 5.92 Å². The molecular formula is C26H29N5O5S. The van der Waals surface area contributed by atoms with Gasteiger partial charge in [-0.2, -0.15) is 9.98 Å². The first-order valence-corrected chi connectivity index (χ1v) is 13.5. The number of hydrogen-bond acceptors (Lipinski definition) is 5. The third kappa shape index (κ3) is 5.93. The van der Waals surface area contributed by atoms with E-state index in [0.717, 1.165) is 6.42 Å². The number of hydrogen-bond donors (Lipinski definition) is 3. The normalized spacial score (nSPS) is 17.5. The zero-order valence-electron chi connectivity index (χ0n) is 20.4. The summed E-state index contributed by atoms with van der Waals surface area (Å²) in [6, 6.07) is 11.0. The molecule has 10 nitrogen and oxygen atoms in total. The second-order valence-electron chi connectivity index (χ2n) is 9.20. The van der Waals surface area contributed by atoms with E-state index in [2.05, 4.69) is 15.8 Å². The van der Waals surface area contributed by atoms with Gasteiger partial charge in [0.2, 0.25) is 15.9 Å². The first-order chi connectivity index (χ1) is 17.7. The monoisotopic (exact) mass is 523 g/mol. The number of rotatable bonds is 9. The zero-order chi connectivity index (χ0) is 26.6. The van der Waals surface area contributed by atoms with Gasteiger partial charge in [-0.15, -0.1) is 0 Å². The van der Waals surface area contributed by atoms with Crippen LogP contribution < -0.4 is 4.72 Å². The van der Waals surface area contributed by atoms with Crippen LogP contribution in [0.4, 0.5) is 0 Å². The first-order valence-electron chi connectivity index (χ1n) is 12.0. The van der Waals surface area contributed by atoms with Crippen LogP contribution in [0.25, 0.3) is 10.9 Å². The summed E-state index contributed by atoms with van der Waals surface area (Å²) in [5, 5.41) is 19.1. The Bertz CT molecular complexity index is 1480. The highest BCUT2D eigenvalue weighted by molar-refractivity contribution is 7.89. The number of aliphatic carboxylic acids is 1. The number of H-pyrrole nitrogens is 1. The third-order valence-corrected chi connectivity index (χ3v) is 8.17. The number of fused-ring (bicyclic) bond motifs is 1. The lowest BCUT2D eigenvalue weighted by Crippen LogP contribution is -2.51. The molecule has 0 saturated carbocycles. The molecule has 194 valence electrons. The number of nitrogens with zero attached hydrogens (tertiary/aromatic N) is 3. The van der Waals surface area contributed by atoms with E-state index >= 15 is 0 Å². The summed E-state index contributed by atoms with van der Waals surface area (Å²) >= 11 is 0. The SMILES string of the molecule is C/C(=C\C1CCCN(C(=O)C(CCn2cccc2C#N)NS(=O)(=O)c2cccc3[nH]ccc23)C1)C(=O)O. The average molecular weight is 524 g/mol. The van der Waals surface area contributed by atoms with E-state index in [1.165, 1.54) is 13.0 Å². The number of benzene rings is 1. The number of nitrogens with one attached hydrogen (secondary N) is 2. The van der Waals surface area contributed by atoms with Crippen molar-refractivity contribution < 1.29 is 23.1 Å². The number of piperidine rings is 1. The van der Waals surface area contributed by atoms with E-state index in [1.54, 1.807) is 58.3 Å². The zero-order valence-corrected chi connectivity index (χ0v) is 21.2. The largest absolute Gasteiger partial charge is 0.478 e. The molecule has 0 radical (unpaired) electrons. The van der Waals surface area contributed by atoms with Crippen LogP contribution in [0.3, 0.4) is 0 Å². The molecule has 0 bridgehead atoms. The molecule has 37 heavy (non-hydrogen) atoms. The Morgan fingerprint density at radius 3 is 2.86 bits per heavy atom. The van der Waals surface area contributed by atoms with Crippen LogP contribution in [-0.4, -0.2) is 59.0 Å². The summed E-state index contributed by atoms with van der Waals surface area (Å²) in [6.45, 7) is 2.54. The Hall–Kier alpha value is -3.88. The Labute approximate surface area is 215 Å². The molecule has 11 heteroatoms. The Morgan fingerprint density at radius 2 is 2.11 bits per heavy atom. The number of carboxylic acid groups (broad SMARTS) is 1. The fourth-order valence-electron chi connectivity index (χ4n) is 4.74. The topological polar surface area (TPSA) is 148 Å². The lowest BCUT2D eigenvalue weighted by atomic mass is 9.95. The van der Waals surface area contributed by atoms with Gasteiger partial charge in [-0.3, -0.25) is 4.79 Å². The summed E-state index contributed by atoms with van der Waals surface area (Å²) in [4.78, 5) is 29.6. The van der Waals surface area contributed by atoms with Crippen molar-refractivity contribution in [2.45, 2.75) is 43.7 Å². The van der Waals surface area contributed by atoms with Crippen molar-refractivity contribution in [3.05, 3.63) is 66.1 Å². The summed E-state index contributed by atoms with van der Waals surface area (Å²) < 4.78 is 31.3. The highest BCUT2D eigenvalue weighted by atomic mass is 32.2. The number of carbonyl (C=O) groups excluding carboxylic acids is 1. The van der Waals surface area contributed by atoms with Gasteiger partial charge >= 0.3 is 5.97 Å². The Balaban J connectivity index is 1.60.